The van der Waals surface area contributed by atoms with Crippen molar-refractivity contribution in [3.8, 4) is 5.75 Å². The van der Waals surface area contributed by atoms with E-state index < -0.39 is 0 Å². The number of benzene rings is 2. The molecule has 0 spiro atoms. The van der Waals surface area contributed by atoms with E-state index in [1.165, 1.54) is 0 Å². The molecule has 0 unspecified atom stereocenters. The Morgan fingerprint density at radius 2 is 1.50 bits per heavy atom. The summed E-state index contributed by atoms with van der Waals surface area (Å²) in [4.78, 5) is 24.9. The molecule has 148 valence electrons. The molecule has 0 radical (unpaired) electrons. The van der Waals surface area contributed by atoms with Gasteiger partial charge in [0.05, 0.1) is 7.11 Å². The van der Waals surface area contributed by atoms with Gasteiger partial charge in [-0.1, -0.05) is 36.4 Å². The lowest BCUT2D eigenvalue weighted by atomic mass is 9.81. The van der Waals surface area contributed by atoms with Gasteiger partial charge in [-0.15, -0.1) is 0 Å². The highest BCUT2D eigenvalue weighted by atomic mass is 16.5. The molecule has 5 heteroatoms. The van der Waals surface area contributed by atoms with Crippen LogP contribution in [-0.2, 0) is 16.0 Å². The van der Waals surface area contributed by atoms with Gasteiger partial charge in [0.15, 0.2) is 0 Å². The van der Waals surface area contributed by atoms with E-state index in [2.05, 4.69) is 10.6 Å². The predicted octanol–water partition coefficient (Wildman–Crippen LogP) is 3.80. The Labute approximate surface area is 166 Å². The van der Waals surface area contributed by atoms with Crippen LogP contribution in [0.5, 0.6) is 5.75 Å². The fraction of sp³-hybridized carbons (Fsp3) is 0.391. The number of anilines is 1. The number of rotatable bonds is 7. The highest BCUT2D eigenvalue weighted by Gasteiger charge is 2.29. The smallest absolute Gasteiger partial charge is 0.227 e. The first-order valence-electron chi connectivity index (χ1n) is 9.93. The van der Waals surface area contributed by atoms with Crippen LogP contribution in [0.25, 0.3) is 0 Å². The second-order valence-corrected chi connectivity index (χ2v) is 7.26. The third kappa shape index (κ3) is 5.35. The van der Waals surface area contributed by atoms with Crippen molar-refractivity contribution in [3.63, 3.8) is 0 Å². The predicted molar refractivity (Wildman–Crippen MR) is 110 cm³/mol. The van der Waals surface area contributed by atoms with Gasteiger partial charge in [0.2, 0.25) is 11.8 Å². The minimum Gasteiger partial charge on any atom is -0.496 e. The van der Waals surface area contributed by atoms with E-state index in [0.29, 0.717) is 6.54 Å². The van der Waals surface area contributed by atoms with Crippen LogP contribution in [0.1, 0.15) is 31.2 Å². The summed E-state index contributed by atoms with van der Waals surface area (Å²) in [5.41, 5.74) is 1.91. The average molecular weight is 380 g/mol. The van der Waals surface area contributed by atoms with Crippen molar-refractivity contribution >= 4 is 17.5 Å². The molecule has 5 nitrogen and oxygen atoms in total. The van der Waals surface area contributed by atoms with Crippen LogP contribution in [0.15, 0.2) is 54.6 Å². The number of methoxy groups -OCH3 is 1. The molecule has 0 aliphatic heterocycles. The Morgan fingerprint density at radius 3 is 2.18 bits per heavy atom. The summed E-state index contributed by atoms with van der Waals surface area (Å²) in [6.45, 7) is 0.591. The van der Waals surface area contributed by atoms with Crippen LogP contribution in [0.3, 0.4) is 0 Å². The third-order valence-corrected chi connectivity index (χ3v) is 5.40. The Hall–Kier alpha value is -2.82. The average Bonchev–Trinajstić information content (AvgIpc) is 2.75. The van der Waals surface area contributed by atoms with E-state index >= 15 is 0 Å². The Morgan fingerprint density at radius 1 is 0.893 bits per heavy atom. The molecule has 1 aliphatic rings. The third-order valence-electron chi connectivity index (χ3n) is 5.40. The van der Waals surface area contributed by atoms with E-state index in [1.54, 1.807) is 7.11 Å². The molecular formula is C23H28N2O3. The van der Waals surface area contributed by atoms with E-state index in [9.17, 15) is 9.59 Å². The lowest BCUT2D eigenvalue weighted by Gasteiger charge is -2.27. The fourth-order valence-electron chi connectivity index (χ4n) is 3.76. The molecule has 2 aromatic carbocycles. The van der Waals surface area contributed by atoms with Gasteiger partial charge < -0.3 is 15.4 Å². The molecule has 0 heterocycles. The summed E-state index contributed by atoms with van der Waals surface area (Å²) in [6.07, 6.45) is 3.76. The van der Waals surface area contributed by atoms with Crippen LogP contribution in [0.2, 0.25) is 0 Å². The summed E-state index contributed by atoms with van der Waals surface area (Å²) in [7, 11) is 1.66. The van der Waals surface area contributed by atoms with Gasteiger partial charge in [-0.05, 0) is 55.9 Å². The topological polar surface area (TPSA) is 67.4 Å². The van der Waals surface area contributed by atoms with Crippen molar-refractivity contribution in [3.05, 3.63) is 60.2 Å². The van der Waals surface area contributed by atoms with Gasteiger partial charge in [0, 0.05) is 24.1 Å². The van der Waals surface area contributed by atoms with Gasteiger partial charge in [0.25, 0.3) is 0 Å². The maximum atomic E-state index is 12.5. The molecule has 1 saturated carbocycles. The summed E-state index contributed by atoms with van der Waals surface area (Å²) in [5, 5.41) is 6.01. The molecule has 0 bridgehead atoms. The molecule has 3 rings (SSSR count). The van der Waals surface area contributed by atoms with Gasteiger partial charge in [0.1, 0.15) is 5.75 Å². The maximum absolute atomic E-state index is 12.5. The molecule has 28 heavy (non-hydrogen) atoms. The SMILES string of the molecule is COc1ccccc1CCNC(=O)C1CCC(C(=O)Nc2ccccc2)CC1. The van der Waals surface area contributed by atoms with E-state index in [-0.39, 0.29) is 23.7 Å². The monoisotopic (exact) mass is 380 g/mol. The summed E-state index contributed by atoms with van der Waals surface area (Å²) < 4.78 is 5.35. The number of hydrogen-bond acceptors (Lipinski definition) is 3. The zero-order valence-corrected chi connectivity index (χ0v) is 16.3. The zero-order valence-electron chi connectivity index (χ0n) is 16.3. The second-order valence-electron chi connectivity index (χ2n) is 7.26. The van der Waals surface area contributed by atoms with Crippen molar-refractivity contribution in [2.24, 2.45) is 11.8 Å². The van der Waals surface area contributed by atoms with Gasteiger partial charge in [-0.25, -0.2) is 0 Å². The van der Waals surface area contributed by atoms with Gasteiger partial charge in [-0.2, -0.15) is 0 Å². The van der Waals surface area contributed by atoms with E-state index in [0.717, 1.165) is 49.1 Å². The van der Waals surface area contributed by atoms with Crippen molar-refractivity contribution < 1.29 is 14.3 Å². The van der Waals surface area contributed by atoms with Crippen molar-refractivity contribution in [2.45, 2.75) is 32.1 Å². The van der Waals surface area contributed by atoms with Gasteiger partial charge in [-0.3, -0.25) is 9.59 Å². The molecule has 1 fully saturated rings. The fourth-order valence-corrected chi connectivity index (χ4v) is 3.76. The highest BCUT2D eigenvalue weighted by molar-refractivity contribution is 5.92. The Kier molecular flexibility index (Phi) is 7.06. The van der Waals surface area contributed by atoms with E-state index in [4.69, 9.17) is 4.74 Å². The van der Waals surface area contributed by atoms with Crippen molar-refractivity contribution in [1.82, 2.24) is 5.32 Å². The zero-order chi connectivity index (χ0) is 19.8. The van der Waals surface area contributed by atoms with Crippen LogP contribution >= 0.6 is 0 Å². The first kappa shape index (κ1) is 19.9. The standard InChI is InChI=1S/C23H28N2O3/c1-28-21-10-6-5-7-17(21)15-16-24-22(26)18-11-13-19(14-12-18)23(27)25-20-8-3-2-4-9-20/h2-10,18-19H,11-16H2,1H3,(H,24,26)(H,25,27). The normalized spacial score (nSPS) is 18.9. The molecule has 1 aliphatic carbocycles. The second kappa shape index (κ2) is 9.93. The maximum Gasteiger partial charge on any atom is 0.227 e. The summed E-state index contributed by atoms with van der Waals surface area (Å²) >= 11 is 0. The molecule has 2 N–H and O–H groups in total. The first-order chi connectivity index (χ1) is 13.7. The summed E-state index contributed by atoms with van der Waals surface area (Å²) in [5.74, 6) is 0.982. The highest BCUT2D eigenvalue weighted by Crippen LogP contribution is 2.30. The first-order valence-corrected chi connectivity index (χ1v) is 9.93. The van der Waals surface area contributed by atoms with Crippen LogP contribution < -0.4 is 15.4 Å². The Balaban J connectivity index is 1.40. The molecule has 2 aromatic rings. The largest absolute Gasteiger partial charge is 0.496 e. The minimum absolute atomic E-state index is 0.00144. The van der Waals surface area contributed by atoms with Crippen molar-refractivity contribution in [2.75, 3.05) is 19.0 Å². The molecule has 0 atom stereocenters. The lowest BCUT2D eigenvalue weighted by Crippen LogP contribution is -2.36. The van der Waals surface area contributed by atoms with Gasteiger partial charge >= 0.3 is 0 Å². The molecule has 0 aromatic heterocycles. The molecule has 2 amide bonds. The quantitative estimate of drug-likeness (QED) is 0.768. The summed E-state index contributed by atoms with van der Waals surface area (Å²) in [6, 6.07) is 17.4. The molecule has 0 saturated heterocycles. The van der Waals surface area contributed by atoms with Crippen molar-refractivity contribution in [1.29, 1.82) is 0 Å². The number of carbonyl (C=O) groups is 2. The van der Waals surface area contributed by atoms with Crippen LogP contribution in [0, 0.1) is 11.8 Å². The van der Waals surface area contributed by atoms with Crippen LogP contribution in [0.4, 0.5) is 5.69 Å². The molecular weight excluding hydrogens is 352 g/mol. The number of ether oxygens (including phenoxy) is 1. The minimum atomic E-state index is -0.0159. The number of hydrogen-bond donors (Lipinski definition) is 2. The Bertz CT molecular complexity index is 783. The lowest BCUT2D eigenvalue weighted by molar-refractivity contribution is -0.128. The number of amides is 2. The number of carbonyl (C=O) groups excluding carboxylic acids is 2. The van der Waals surface area contributed by atoms with E-state index in [1.807, 2.05) is 54.6 Å². The van der Waals surface area contributed by atoms with Crippen LogP contribution in [-0.4, -0.2) is 25.5 Å². The number of para-hydroxylation sites is 2. The number of nitrogens with one attached hydrogen (secondary N) is 2.